The van der Waals surface area contributed by atoms with Crippen LogP contribution in [-0.4, -0.2) is 18.6 Å². The number of halogens is 1. The highest BCUT2D eigenvalue weighted by molar-refractivity contribution is 7.15. The summed E-state index contributed by atoms with van der Waals surface area (Å²) in [5.74, 6) is 0.691. The summed E-state index contributed by atoms with van der Waals surface area (Å²) in [6.07, 6.45) is 1.89. The summed E-state index contributed by atoms with van der Waals surface area (Å²) < 4.78 is 5.22. The Morgan fingerprint density at radius 2 is 2.28 bits per heavy atom. The SMILES string of the molecule is CCNCc1ncc(-c2ccc(Cl)c(OC)c2)s1. The quantitative estimate of drug-likeness (QED) is 0.910. The van der Waals surface area contributed by atoms with Gasteiger partial charge in [0.15, 0.2) is 0 Å². The van der Waals surface area contributed by atoms with Crippen molar-refractivity contribution in [2.75, 3.05) is 13.7 Å². The van der Waals surface area contributed by atoms with Gasteiger partial charge in [-0.1, -0.05) is 24.6 Å². The predicted molar refractivity (Wildman–Crippen MR) is 76.5 cm³/mol. The zero-order valence-electron chi connectivity index (χ0n) is 10.4. The van der Waals surface area contributed by atoms with Crippen molar-refractivity contribution in [3.8, 4) is 16.2 Å². The fourth-order valence-electron chi connectivity index (χ4n) is 1.57. The van der Waals surface area contributed by atoms with Gasteiger partial charge in [-0.3, -0.25) is 0 Å². The Hall–Kier alpha value is -1.10. The topological polar surface area (TPSA) is 34.2 Å². The lowest BCUT2D eigenvalue weighted by molar-refractivity contribution is 0.415. The molecular formula is C13H15ClN2OS. The van der Waals surface area contributed by atoms with E-state index >= 15 is 0 Å². The average molecular weight is 283 g/mol. The van der Waals surface area contributed by atoms with E-state index in [1.54, 1.807) is 18.4 Å². The molecule has 2 rings (SSSR count). The highest BCUT2D eigenvalue weighted by Gasteiger charge is 2.07. The van der Waals surface area contributed by atoms with Crippen LogP contribution in [0.25, 0.3) is 10.4 Å². The van der Waals surface area contributed by atoms with Gasteiger partial charge in [0.1, 0.15) is 10.8 Å². The van der Waals surface area contributed by atoms with Crippen molar-refractivity contribution < 1.29 is 4.74 Å². The molecule has 0 saturated carbocycles. The van der Waals surface area contributed by atoms with Crippen LogP contribution >= 0.6 is 22.9 Å². The van der Waals surface area contributed by atoms with Crippen molar-refractivity contribution in [2.24, 2.45) is 0 Å². The Bertz CT molecular complexity index is 527. The van der Waals surface area contributed by atoms with Crippen molar-refractivity contribution in [2.45, 2.75) is 13.5 Å². The van der Waals surface area contributed by atoms with Gasteiger partial charge in [0.25, 0.3) is 0 Å². The van der Waals surface area contributed by atoms with Crippen LogP contribution in [0.3, 0.4) is 0 Å². The Labute approximate surface area is 116 Å². The number of rotatable bonds is 5. The molecule has 0 bridgehead atoms. The van der Waals surface area contributed by atoms with E-state index in [2.05, 4.69) is 17.2 Å². The molecule has 0 saturated heterocycles. The number of benzene rings is 1. The second kappa shape index (κ2) is 6.18. The molecule has 3 nitrogen and oxygen atoms in total. The normalized spacial score (nSPS) is 10.6. The monoisotopic (exact) mass is 282 g/mol. The Kier molecular flexibility index (Phi) is 4.58. The lowest BCUT2D eigenvalue weighted by Gasteiger charge is -2.04. The smallest absolute Gasteiger partial charge is 0.138 e. The molecule has 0 radical (unpaired) electrons. The maximum absolute atomic E-state index is 6.01. The van der Waals surface area contributed by atoms with E-state index in [1.165, 1.54) is 0 Å². The number of nitrogens with one attached hydrogen (secondary N) is 1. The largest absolute Gasteiger partial charge is 0.495 e. The second-order valence-corrected chi connectivity index (χ2v) is 5.27. The highest BCUT2D eigenvalue weighted by atomic mass is 35.5. The number of hydrogen-bond donors (Lipinski definition) is 1. The van der Waals surface area contributed by atoms with Gasteiger partial charge in [-0.15, -0.1) is 11.3 Å². The van der Waals surface area contributed by atoms with E-state index in [9.17, 15) is 0 Å². The molecule has 0 amide bonds. The van der Waals surface area contributed by atoms with Crippen molar-refractivity contribution in [3.05, 3.63) is 34.4 Å². The Morgan fingerprint density at radius 3 is 3.00 bits per heavy atom. The molecule has 0 aliphatic carbocycles. The molecule has 0 atom stereocenters. The second-order valence-electron chi connectivity index (χ2n) is 3.75. The van der Waals surface area contributed by atoms with Crippen LogP contribution in [-0.2, 0) is 6.54 Å². The third kappa shape index (κ3) is 3.02. The van der Waals surface area contributed by atoms with E-state index in [0.29, 0.717) is 10.8 Å². The third-order valence-corrected chi connectivity index (χ3v) is 3.87. The molecular weight excluding hydrogens is 268 g/mol. The third-order valence-electron chi connectivity index (χ3n) is 2.52. The Balaban J connectivity index is 2.23. The number of nitrogens with zero attached hydrogens (tertiary/aromatic N) is 1. The van der Waals surface area contributed by atoms with Gasteiger partial charge in [0.05, 0.1) is 17.0 Å². The number of aromatic nitrogens is 1. The van der Waals surface area contributed by atoms with Crippen LogP contribution in [0.4, 0.5) is 0 Å². The molecule has 1 heterocycles. The number of ether oxygens (including phenoxy) is 1. The first-order valence-corrected chi connectivity index (χ1v) is 6.93. The van der Waals surface area contributed by atoms with Crippen molar-refractivity contribution in [3.63, 3.8) is 0 Å². The van der Waals surface area contributed by atoms with E-state index in [1.807, 2.05) is 24.4 Å². The summed E-state index contributed by atoms with van der Waals surface area (Å²) in [7, 11) is 1.62. The van der Waals surface area contributed by atoms with Gasteiger partial charge in [0, 0.05) is 12.7 Å². The van der Waals surface area contributed by atoms with Gasteiger partial charge in [0.2, 0.25) is 0 Å². The zero-order valence-corrected chi connectivity index (χ0v) is 11.9. The van der Waals surface area contributed by atoms with E-state index < -0.39 is 0 Å². The Morgan fingerprint density at radius 1 is 1.44 bits per heavy atom. The van der Waals surface area contributed by atoms with Crippen LogP contribution in [0, 0.1) is 0 Å². The summed E-state index contributed by atoms with van der Waals surface area (Å²) in [6.45, 7) is 3.84. The van der Waals surface area contributed by atoms with Crippen molar-refractivity contribution in [1.82, 2.24) is 10.3 Å². The first-order chi connectivity index (χ1) is 8.74. The molecule has 0 spiro atoms. The zero-order chi connectivity index (χ0) is 13.0. The minimum Gasteiger partial charge on any atom is -0.495 e. The molecule has 18 heavy (non-hydrogen) atoms. The summed E-state index contributed by atoms with van der Waals surface area (Å²) in [6, 6.07) is 5.77. The number of thiazole rings is 1. The molecule has 0 aliphatic heterocycles. The molecule has 1 aromatic heterocycles. The van der Waals surface area contributed by atoms with Gasteiger partial charge in [-0.2, -0.15) is 0 Å². The maximum atomic E-state index is 6.01. The van der Waals surface area contributed by atoms with Crippen molar-refractivity contribution >= 4 is 22.9 Å². The summed E-state index contributed by atoms with van der Waals surface area (Å²) in [5.41, 5.74) is 1.08. The van der Waals surface area contributed by atoms with Gasteiger partial charge in [-0.25, -0.2) is 4.98 Å². The first kappa shape index (κ1) is 13.3. The van der Waals surface area contributed by atoms with Gasteiger partial charge in [-0.05, 0) is 24.2 Å². The minimum absolute atomic E-state index is 0.624. The van der Waals surface area contributed by atoms with Crippen molar-refractivity contribution in [1.29, 1.82) is 0 Å². The number of hydrogen-bond acceptors (Lipinski definition) is 4. The molecule has 96 valence electrons. The molecule has 0 aliphatic rings. The highest BCUT2D eigenvalue weighted by Crippen LogP contribution is 2.32. The number of methoxy groups -OCH3 is 1. The molecule has 1 N–H and O–H groups in total. The summed E-state index contributed by atoms with van der Waals surface area (Å²) >= 11 is 7.69. The molecule has 0 unspecified atom stereocenters. The van der Waals surface area contributed by atoms with Gasteiger partial charge >= 0.3 is 0 Å². The van der Waals surface area contributed by atoms with Gasteiger partial charge < -0.3 is 10.1 Å². The average Bonchev–Trinajstić information content (AvgIpc) is 2.85. The maximum Gasteiger partial charge on any atom is 0.138 e. The van der Waals surface area contributed by atoms with E-state index in [4.69, 9.17) is 16.3 Å². The molecule has 0 fully saturated rings. The lowest BCUT2D eigenvalue weighted by Crippen LogP contribution is -2.11. The van der Waals surface area contributed by atoms with Crippen LogP contribution in [0.5, 0.6) is 5.75 Å². The minimum atomic E-state index is 0.624. The van der Waals surface area contributed by atoms with E-state index in [-0.39, 0.29) is 0 Å². The fourth-order valence-corrected chi connectivity index (χ4v) is 2.65. The van der Waals surface area contributed by atoms with Crippen LogP contribution in [0.1, 0.15) is 11.9 Å². The lowest BCUT2D eigenvalue weighted by atomic mass is 10.2. The molecule has 1 aromatic carbocycles. The first-order valence-electron chi connectivity index (χ1n) is 5.74. The summed E-state index contributed by atoms with van der Waals surface area (Å²) in [4.78, 5) is 5.51. The molecule has 5 heteroatoms. The van der Waals surface area contributed by atoms with E-state index in [0.717, 1.165) is 28.5 Å². The summed E-state index contributed by atoms with van der Waals surface area (Å²) in [5, 5.41) is 4.97. The van der Waals surface area contributed by atoms with Crippen LogP contribution in [0.2, 0.25) is 5.02 Å². The standard InChI is InChI=1S/C13H15ClN2OS/c1-3-15-8-13-16-7-12(18-13)9-4-5-10(14)11(6-9)17-2/h4-7,15H,3,8H2,1-2H3. The molecule has 2 aromatic rings. The van der Waals surface area contributed by atoms with Crippen LogP contribution in [0.15, 0.2) is 24.4 Å². The fraction of sp³-hybridized carbons (Fsp3) is 0.308. The van der Waals surface area contributed by atoms with Crippen LogP contribution < -0.4 is 10.1 Å². The predicted octanol–water partition coefficient (Wildman–Crippen LogP) is 3.58.